The molecule has 0 heterocycles. The Morgan fingerprint density at radius 1 is 1.00 bits per heavy atom. The summed E-state index contributed by atoms with van der Waals surface area (Å²) in [6.07, 6.45) is 1.54. The van der Waals surface area contributed by atoms with Gasteiger partial charge in [0.15, 0.2) is 0 Å². The molecule has 1 N–H and O–H groups in total. The van der Waals surface area contributed by atoms with Crippen molar-refractivity contribution < 1.29 is 9.53 Å². The lowest BCUT2D eigenvalue weighted by molar-refractivity contribution is -0.112. The highest BCUT2D eigenvalue weighted by Gasteiger charge is 2.13. The van der Waals surface area contributed by atoms with Crippen LogP contribution < -0.4 is 10.1 Å². The van der Waals surface area contributed by atoms with E-state index >= 15 is 0 Å². The summed E-state index contributed by atoms with van der Waals surface area (Å²) in [4.78, 5) is 12.5. The van der Waals surface area contributed by atoms with Gasteiger partial charge in [-0.25, -0.2) is 0 Å². The number of nitriles is 1. The third-order valence-corrected chi connectivity index (χ3v) is 6.76. The highest BCUT2D eigenvalue weighted by Crippen LogP contribution is 2.31. The van der Waals surface area contributed by atoms with Gasteiger partial charge in [0.2, 0.25) is 0 Å². The SMILES string of the molecule is N#C/C(=C\c1cc(I)c(OCc2ccc(Cl)c(Cl)c2)c(I)c1)C(=O)Nc1ccc(Cl)cc1. The highest BCUT2D eigenvalue weighted by molar-refractivity contribution is 14.1. The summed E-state index contributed by atoms with van der Waals surface area (Å²) < 4.78 is 7.67. The average Bonchev–Trinajstić information content (AvgIpc) is 2.75. The van der Waals surface area contributed by atoms with Gasteiger partial charge in [0, 0.05) is 10.7 Å². The number of nitrogens with zero attached hydrogens (tertiary/aromatic N) is 1. The number of carbonyl (C=O) groups excluding carboxylic acids is 1. The maximum Gasteiger partial charge on any atom is 0.266 e. The largest absolute Gasteiger partial charge is 0.487 e. The minimum Gasteiger partial charge on any atom is -0.487 e. The van der Waals surface area contributed by atoms with Gasteiger partial charge in [-0.1, -0.05) is 40.9 Å². The topological polar surface area (TPSA) is 62.1 Å². The van der Waals surface area contributed by atoms with E-state index in [9.17, 15) is 10.1 Å². The van der Waals surface area contributed by atoms with Gasteiger partial charge in [0.05, 0.1) is 17.2 Å². The molecular formula is C23H13Cl3I2N2O2. The molecule has 0 aliphatic carbocycles. The van der Waals surface area contributed by atoms with E-state index in [0.29, 0.717) is 38.7 Å². The van der Waals surface area contributed by atoms with E-state index in [1.165, 1.54) is 0 Å². The van der Waals surface area contributed by atoms with Gasteiger partial charge in [-0.3, -0.25) is 4.79 Å². The molecule has 0 radical (unpaired) electrons. The Morgan fingerprint density at radius 2 is 1.66 bits per heavy atom. The first-order valence-corrected chi connectivity index (χ1v) is 12.3. The van der Waals surface area contributed by atoms with E-state index in [0.717, 1.165) is 12.7 Å². The Kier molecular flexibility index (Phi) is 9.08. The minimum absolute atomic E-state index is 0.0176. The van der Waals surface area contributed by atoms with Crippen LogP contribution in [0.15, 0.2) is 60.2 Å². The number of anilines is 1. The van der Waals surface area contributed by atoms with Crippen molar-refractivity contribution in [3.63, 3.8) is 0 Å². The minimum atomic E-state index is -0.500. The molecule has 3 aromatic carbocycles. The van der Waals surface area contributed by atoms with Crippen LogP contribution in [0.5, 0.6) is 5.75 Å². The Bertz CT molecular complexity index is 1220. The summed E-state index contributed by atoms with van der Waals surface area (Å²) in [5, 5.41) is 13.7. The van der Waals surface area contributed by atoms with Gasteiger partial charge in [-0.2, -0.15) is 5.26 Å². The van der Waals surface area contributed by atoms with Gasteiger partial charge < -0.3 is 10.1 Å². The zero-order chi connectivity index (χ0) is 23.3. The number of carbonyl (C=O) groups is 1. The van der Waals surface area contributed by atoms with Crippen LogP contribution in [-0.4, -0.2) is 5.91 Å². The second-order valence-electron chi connectivity index (χ2n) is 6.48. The number of amides is 1. The van der Waals surface area contributed by atoms with Gasteiger partial charge >= 0.3 is 0 Å². The molecule has 0 unspecified atom stereocenters. The number of rotatable bonds is 6. The number of hydrogen-bond donors (Lipinski definition) is 1. The highest BCUT2D eigenvalue weighted by atomic mass is 127. The molecule has 1 amide bonds. The van der Waals surface area contributed by atoms with Crippen molar-refractivity contribution in [2.45, 2.75) is 6.61 Å². The van der Waals surface area contributed by atoms with Crippen molar-refractivity contribution in [2.24, 2.45) is 0 Å². The number of benzene rings is 3. The monoisotopic (exact) mass is 708 g/mol. The first kappa shape index (κ1) is 25.1. The third-order valence-electron chi connectivity index (χ3n) is 4.17. The smallest absolute Gasteiger partial charge is 0.266 e. The maximum absolute atomic E-state index is 12.5. The second-order valence-corrected chi connectivity index (χ2v) is 10.1. The second kappa shape index (κ2) is 11.6. The van der Waals surface area contributed by atoms with Crippen LogP contribution in [0.1, 0.15) is 11.1 Å². The van der Waals surface area contributed by atoms with E-state index < -0.39 is 5.91 Å². The Labute approximate surface area is 227 Å². The number of nitrogens with one attached hydrogen (secondary N) is 1. The summed E-state index contributed by atoms with van der Waals surface area (Å²) >= 11 is 22.2. The molecule has 3 aromatic rings. The first-order chi connectivity index (χ1) is 15.3. The van der Waals surface area contributed by atoms with Crippen molar-refractivity contribution in [3.05, 3.63) is 93.5 Å². The molecule has 0 aliphatic rings. The fraction of sp³-hybridized carbons (Fsp3) is 0.0435. The lowest BCUT2D eigenvalue weighted by Crippen LogP contribution is -2.13. The molecule has 0 fully saturated rings. The van der Waals surface area contributed by atoms with Crippen LogP contribution in [0.3, 0.4) is 0 Å². The molecule has 0 bridgehead atoms. The Balaban J connectivity index is 1.76. The molecule has 0 saturated heterocycles. The predicted octanol–water partition coefficient (Wildman–Crippen LogP) is 7.98. The molecule has 3 rings (SSSR count). The molecule has 0 aliphatic heterocycles. The summed E-state index contributed by atoms with van der Waals surface area (Å²) in [7, 11) is 0. The van der Waals surface area contributed by atoms with Crippen LogP contribution in [0.25, 0.3) is 6.08 Å². The Morgan fingerprint density at radius 3 is 2.25 bits per heavy atom. The van der Waals surface area contributed by atoms with Crippen molar-refractivity contribution in [2.75, 3.05) is 5.32 Å². The predicted molar refractivity (Wildman–Crippen MR) is 146 cm³/mol. The summed E-state index contributed by atoms with van der Waals surface area (Å²) in [6, 6.07) is 17.6. The molecule has 4 nitrogen and oxygen atoms in total. The van der Waals surface area contributed by atoms with Crippen molar-refractivity contribution in [1.29, 1.82) is 5.26 Å². The number of halogens is 5. The third kappa shape index (κ3) is 6.75. The Hall–Kier alpha value is -1.51. The van der Waals surface area contributed by atoms with Gasteiger partial charge in [-0.15, -0.1) is 0 Å². The molecule has 9 heteroatoms. The van der Waals surface area contributed by atoms with E-state index in [1.807, 2.05) is 24.3 Å². The number of ether oxygens (including phenoxy) is 1. The summed E-state index contributed by atoms with van der Waals surface area (Å²) in [6.45, 7) is 0.324. The van der Waals surface area contributed by atoms with Crippen LogP contribution in [-0.2, 0) is 11.4 Å². The number of hydrogen-bond acceptors (Lipinski definition) is 3. The first-order valence-electron chi connectivity index (χ1n) is 9.01. The van der Waals surface area contributed by atoms with Crippen LogP contribution >= 0.6 is 80.0 Å². The molecular weight excluding hydrogens is 696 g/mol. The maximum atomic E-state index is 12.5. The molecule has 0 atom stereocenters. The fourth-order valence-corrected chi connectivity index (χ4v) is 5.21. The molecule has 162 valence electrons. The van der Waals surface area contributed by atoms with Crippen LogP contribution in [0.4, 0.5) is 5.69 Å². The summed E-state index contributed by atoms with van der Waals surface area (Å²) in [5.41, 5.74) is 2.14. The quantitative estimate of drug-likeness (QED) is 0.161. The van der Waals surface area contributed by atoms with Crippen LogP contribution in [0.2, 0.25) is 15.1 Å². The lowest BCUT2D eigenvalue weighted by atomic mass is 10.1. The normalized spacial score (nSPS) is 11.1. The van der Waals surface area contributed by atoms with Crippen molar-refractivity contribution >= 4 is 97.7 Å². The van der Waals surface area contributed by atoms with Gasteiger partial charge in [0.25, 0.3) is 5.91 Å². The van der Waals surface area contributed by atoms with Crippen molar-refractivity contribution in [3.8, 4) is 11.8 Å². The molecule has 0 aromatic heterocycles. The fourth-order valence-electron chi connectivity index (χ4n) is 2.63. The van der Waals surface area contributed by atoms with Crippen LogP contribution in [0, 0.1) is 18.5 Å². The average molecular weight is 710 g/mol. The molecule has 0 spiro atoms. The zero-order valence-corrected chi connectivity index (χ0v) is 22.7. The molecule has 32 heavy (non-hydrogen) atoms. The van der Waals surface area contributed by atoms with Gasteiger partial charge in [0.1, 0.15) is 24.0 Å². The summed E-state index contributed by atoms with van der Waals surface area (Å²) in [5.74, 6) is 0.207. The van der Waals surface area contributed by atoms with E-state index in [2.05, 4.69) is 50.5 Å². The van der Waals surface area contributed by atoms with E-state index in [-0.39, 0.29) is 5.57 Å². The van der Waals surface area contributed by atoms with E-state index in [1.54, 1.807) is 42.5 Å². The standard InChI is InChI=1S/C23H13Cl3I2N2O2/c24-16-2-4-17(5-3-16)30-23(31)15(11-29)7-14-9-20(27)22(21(28)10-14)32-12-13-1-6-18(25)19(26)8-13/h1-10H,12H2,(H,30,31)/b15-7+. The lowest BCUT2D eigenvalue weighted by Gasteiger charge is -2.12. The van der Waals surface area contributed by atoms with E-state index in [4.69, 9.17) is 39.5 Å². The zero-order valence-electron chi connectivity index (χ0n) is 16.1. The van der Waals surface area contributed by atoms with Crippen molar-refractivity contribution in [1.82, 2.24) is 0 Å². The van der Waals surface area contributed by atoms with Gasteiger partial charge in [-0.05, 0) is 111 Å². The molecule has 0 saturated carbocycles.